The Kier molecular flexibility index (Phi) is 21.4. The van der Waals surface area contributed by atoms with E-state index in [9.17, 15) is 34.2 Å². The van der Waals surface area contributed by atoms with Gasteiger partial charge in [0.05, 0.1) is 37.4 Å². The molecule has 18 nitrogen and oxygen atoms in total. The third kappa shape index (κ3) is 15.1. The van der Waals surface area contributed by atoms with Gasteiger partial charge in [-0.3, -0.25) is 14.4 Å². The molecule has 16 atom stereocenters. The van der Waals surface area contributed by atoms with Gasteiger partial charge in [0.1, 0.15) is 48.5 Å². The number of hydrogen-bond donors (Lipinski definition) is 2. The lowest BCUT2D eigenvalue weighted by Crippen LogP contribution is -2.66. The molecule has 0 aliphatic carbocycles. The number of esters is 3. The molecule has 0 aromatic rings. The molecular weight excluding hydrogens is 814 g/mol. The van der Waals surface area contributed by atoms with Crippen molar-refractivity contribution >= 4 is 30.3 Å². The molecule has 3 heterocycles. The Morgan fingerprint density at radius 1 is 0.935 bits per heavy atom. The van der Waals surface area contributed by atoms with E-state index in [2.05, 4.69) is 0 Å². The highest BCUT2D eigenvalue weighted by Crippen LogP contribution is 2.38. The number of hydrogen-bond acceptors (Lipinski definition) is 18. The van der Waals surface area contributed by atoms with Crippen LogP contribution in [-0.4, -0.2) is 159 Å². The molecule has 0 radical (unpaired) electrons. The van der Waals surface area contributed by atoms with Gasteiger partial charge in [0, 0.05) is 39.2 Å². The van der Waals surface area contributed by atoms with E-state index in [-0.39, 0.29) is 38.7 Å². The lowest BCUT2D eigenvalue weighted by molar-refractivity contribution is -0.344. The van der Waals surface area contributed by atoms with E-state index in [0.717, 1.165) is 0 Å². The Balaban J connectivity index is 2.08. The molecule has 2 saturated heterocycles. The van der Waals surface area contributed by atoms with Crippen molar-refractivity contribution in [2.75, 3.05) is 27.8 Å². The van der Waals surface area contributed by atoms with E-state index >= 15 is 0 Å². The first kappa shape index (κ1) is 52.9. The van der Waals surface area contributed by atoms with E-state index in [1.165, 1.54) is 7.11 Å². The predicted octanol–water partition coefficient (Wildman–Crippen LogP) is 3.95. The summed E-state index contributed by atoms with van der Waals surface area (Å²) in [6.07, 6.45) is -5.61. The Morgan fingerprint density at radius 2 is 1.61 bits per heavy atom. The average molecular weight is 886 g/mol. The zero-order chi connectivity index (χ0) is 46.3. The topological polar surface area (TPSA) is 221 Å². The number of nitrogens with zero attached hydrogens (tertiary/aromatic N) is 1. The van der Waals surface area contributed by atoms with Crippen LogP contribution in [0, 0.1) is 11.8 Å². The molecule has 0 aromatic heterocycles. The minimum Gasteiger partial charge on any atom is -0.462 e. The zero-order valence-corrected chi connectivity index (χ0v) is 38.2. The molecule has 0 saturated carbocycles. The number of carbonyl (C=O) groups excluding carboxylic acids is 5. The van der Waals surface area contributed by atoms with Gasteiger partial charge in [-0.15, -0.1) is 0 Å². The number of allylic oxidation sites excluding steroid dienone is 2. The maximum Gasteiger partial charge on any atom is 0.508 e. The van der Waals surface area contributed by atoms with Crippen molar-refractivity contribution < 1.29 is 81.6 Å². The van der Waals surface area contributed by atoms with Crippen LogP contribution in [0.1, 0.15) is 100 Å². The highest BCUT2D eigenvalue weighted by Gasteiger charge is 2.53. The van der Waals surface area contributed by atoms with Crippen molar-refractivity contribution in [3.8, 4) is 0 Å². The molecule has 3 aliphatic rings. The summed E-state index contributed by atoms with van der Waals surface area (Å²) in [5, 5.41) is 23.6. The number of aliphatic hydroxyl groups excluding tert-OH is 1. The van der Waals surface area contributed by atoms with Crippen LogP contribution in [0.4, 0.5) is 4.79 Å². The van der Waals surface area contributed by atoms with E-state index in [1.54, 1.807) is 91.8 Å². The first-order valence-electron chi connectivity index (χ1n) is 21.7. The molecule has 18 heteroatoms. The summed E-state index contributed by atoms with van der Waals surface area (Å²) in [5.74, 6) is -3.04. The quantitative estimate of drug-likeness (QED) is 0.143. The van der Waals surface area contributed by atoms with Crippen LogP contribution in [0.5, 0.6) is 0 Å². The molecule has 3 aliphatic heterocycles. The van der Waals surface area contributed by atoms with Gasteiger partial charge in [0.15, 0.2) is 18.7 Å². The molecule has 2 fully saturated rings. The fourth-order valence-corrected chi connectivity index (χ4v) is 8.23. The molecule has 0 bridgehead atoms. The van der Waals surface area contributed by atoms with Crippen LogP contribution in [0.2, 0.25) is 0 Å². The largest absolute Gasteiger partial charge is 0.508 e. The molecule has 0 amide bonds. The number of cyclic esters (lactones) is 1. The second-order valence-electron chi connectivity index (χ2n) is 16.7. The van der Waals surface area contributed by atoms with Crippen LogP contribution in [0.3, 0.4) is 0 Å². The molecule has 0 spiro atoms. The Bertz CT molecular complexity index is 1500. The van der Waals surface area contributed by atoms with Gasteiger partial charge >= 0.3 is 24.1 Å². The van der Waals surface area contributed by atoms with Crippen molar-refractivity contribution in [2.45, 2.75) is 186 Å². The fourth-order valence-electron chi connectivity index (χ4n) is 8.23. The van der Waals surface area contributed by atoms with Crippen molar-refractivity contribution in [3.05, 3.63) is 24.3 Å². The number of aldehydes is 1. The van der Waals surface area contributed by atoms with E-state index in [0.29, 0.717) is 12.7 Å². The minimum atomic E-state index is -1.51. The second-order valence-corrected chi connectivity index (χ2v) is 16.7. The number of ether oxygens (including phenoxy) is 10. The number of carbonyl (C=O) groups is 5. The molecule has 62 heavy (non-hydrogen) atoms. The van der Waals surface area contributed by atoms with Gasteiger partial charge in [-0.25, -0.2) is 4.79 Å². The van der Waals surface area contributed by atoms with Crippen molar-refractivity contribution in [3.63, 3.8) is 0 Å². The average Bonchev–Trinajstić information content (AvgIpc) is 3.19. The maximum absolute atomic E-state index is 13.4. The predicted molar refractivity (Wildman–Crippen MR) is 221 cm³/mol. The van der Waals surface area contributed by atoms with Crippen LogP contribution in [-0.2, 0) is 66.5 Å². The maximum atomic E-state index is 13.4. The van der Waals surface area contributed by atoms with Crippen molar-refractivity contribution in [1.29, 1.82) is 0 Å². The van der Waals surface area contributed by atoms with Crippen LogP contribution in [0.15, 0.2) is 24.3 Å². The first-order valence-corrected chi connectivity index (χ1v) is 21.7. The lowest BCUT2D eigenvalue weighted by Gasteiger charge is -2.50. The molecular formula is C44H71NO17. The Morgan fingerprint density at radius 3 is 2.21 bits per heavy atom. The lowest BCUT2D eigenvalue weighted by atomic mass is 9.82. The molecule has 2 N–H and O–H groups in total. The molecule has 1 unspecified atom stereocenters. The fraction of sp³-hybridized carbons (Fsp3) is 0.795. The summed E-state index contributed by atoms with van der Waals surface area (Å²) in [5.41, 5.74) is -1.51. The standard InChI is InChI=1S/C44H71NO17/c1-12-32(47)58-31-23-34(49)55-26(5)18-16-15-17-19-30(59-43(51)54-14-3)25(4)22-29(20-21-46)39(40(31)53-11)62-42-37(50)36(45(9)10)38(27(6)57-42)61-35-24-44(8,52)41(28(7)56-35)60-33(48)13-2/h15-17,19,21,25-31,35-42,50,52H,12-14,18,20,22-24H2,1-11H3/b16-15+,19-17+/t25-,26-,27-,28+,29+,30+,31?,35+,36-,37-,38-,39+,40+,41+,42+,44-/m1/s1. The third-order valence-corrected chi connectivity index (χ3v) is 11.3. The van der Waals surface area contributed by atoms with Crippen molar-refractivity contribution in [1.82, 2.24) is 4.90 Å². The van der Waals surface area contributed by atoms with E-state index in [4.69, 9.17) is 47.4 Å². The molecule has 354 valence electrons. The normalized spacial score (nSPS) is 38.5. The van der Waals surface area contributed by atoms with Gasteiger partial charge in [-0.1, -0.05) is 39.0 Å². The summed E-state index contributed by atoms with van der Waals surface area (Å²) in [7, 11) is 4.82. The van der Waals surface area contributed by atoms with Gasteiger partial charge in [-0.2, -0.15) is 0 Å². The second kappa shape index (κ2) is 25.1. The highest BCUT2D eigenvalue weighted by atomic mass is 16.7. The summed E-state index contributed by atoms with van der Waals surface area (Å²) in [4.78, 5) is 65.4. The van der Waals surface area contributed by atoms with Crippen LogP contribution < -0.4 is 0 Å². The third-order valence-electron chi connectivity index (χ3n) is 11.3. The SMILES string of the molecule is CCOC(=O)O[C@H]1/C=C/C=C/C[C@@H](C)OC(=O)CC(OC(=O)CC)[C@H](OC)[C@@H](O[C@@H]2O[C@H](C)[C@@H](O[C@H]3C[C@@](C)(O)[C@@H](OC(=O)CC)[C@H](C)O3)[C@H](N(C)C)[C@H]2O)[C@@H](CC=O)C[C@H]1C. The first-order chi connectivity index (χ1) is 29.3. The van der Waals surface area contributed by atoms with Gasteiger partial charge in [-0.05, 0) is 73.0 Å². The van der Waals surface area contributed by atoms with Gasteiger partial charge in [0.25, 0.3) is 0 Å². The smallest absolute Gasteiger partial charge is 0.462 e. The Labute approximate surface area is 365 Å². The summed E-state index contributed by atoms with van der Waals surface area (Å²) in [6, 6.07) is -0.815. The molecule has 0 aromatic carbocycles. The number of aliphatic hydroxyl groups is 2. The summed E-state index contributed by atoms with van der Waals surface area (Å²) >= 11 is 0. The van der Waals surface area contributed by atoms with E-state index < -0.39 is 128 Å². The minimum absolute atomic E-state index is 0.0277. The molecule has 3 rings (SSSR count). The van der Waals surface area contributed by atoms with Gasteiger partial charge in [0.2, 0.25) is 0 Å². The van der Waals surface area contributed by atoms with Crippen LogP contribution >= 0.6 is 0 Å². The summed E-state index contributed by atoms with van der Waals surface area (Å²) in [6.45, 7) is 13.5. The Hall–Kier alpha value is -3.49. The summed E-state index contributed by atoms with van der Waals surface area (Å²) < 4.78 is 59.6. The van der Waals surface area contributed by atoms with Gasteiger partial charge < -0.3 is 67.3 Å². The monoisotopic (exact) mass is 885 g/mol. The van der Waals surface area contributed by atoms with Crippen molar-refractivity contribution in [2.24, 2.45) is 11.8 Å². The zero-order valence-electron chi connectivity index (χ0n) is 38.2. The highest BCUT2D eigenvalue weighted by molar-refractivity contribution is 5.72. The van der Waals surface area contributed by atoms with E-state index in [1.807, 2.05) is 6.92 Å². The number of rotatable bonds is 14. The number of likely N-dealkylation sites (N-methyl/N-ethyl adjacent to an activating group) is 1. The number of methoxy groups -OCH3 is 1. The van der Waals surface area contributed by atoms with Crippen LogP contribution in [0.25, 0.3) is 0 Å².